The van der Waals surface area contributed by atoms with Crippen molar-refractivity contribution >= 4 is 5.91 Å². The van der Waals surface area contributed by atoms with E-state index in [1.807, 2.05) is 6.92 Å². The maximum atomic E-state index is 11.8. The van der Waals surface area contributed by atoms with Gasteiger partial charge >= 0.3 is 0 Å². The minimum atomic E-state index is -0.0104. The van der Waals surface area contributed by atoms with Gasteiger partial charge in [0.1, 0.15) is 0 Å². The van der Waals surface area contributed by atoms with Crippen LogP contribution in [0.15, 0.2) is 12.4 Å². The molecule has 0 bridgehead atoms. The molecule has 5 heteroatoms. The van der Waals surface area contributed by atoms with Crippen molar-refractivity contribution in [2.75, 3.05) is 13.6 Å². The van der Waals surface area contributed by atoms with Crippen LogP contribution in [0.2, 0.25) is 0 Å². The lowest BCUT2D eigenvalue weighted by atomic mass is 10.2. The van der Waals surface area contributed by atoms with Crippen molar-refractivity contribution in [1.29, 1.82) is 0 Å². The Labute approximate surface area is 89.9 Å². The SMILES string of the molecule is CC(N)CCN(C)C(=O)c1cnn(C)c1. The van der Waals surface area contributed by atoms with E-state index in [0.29, 0.717) is 12.1 Å². The highest BCUT2D eigenvalue weighted by Gasteiger charge is 2.13. The third kappa shape index (κ3) is 3.36. The Kier molecular flexibility index (Phi) is 3.85. The lowest BCUT2D eigenvalue weighted by Gasteiger charge is -2.17. The Morgan fingerprint density at radius 2 is 2.40 bits per heavy atom. The zero-order valence-electron chi connectivity index (χ0n) is 9.47. The first-order chi connectivity index (χ1) is 7.00. The van der Waals surface area contributed by atoms with Crippen molar-refractivity contribution in [1.82, 2.24) is 14.7 Å². The lowest BCUT2D eigenvalue weighted by molar-refractivity contribution is 0.0792. The Hall–Kier alpha value is -1.36. The van der Waals surface area contributed by atoms with E-state index in [2.05, 4.69) is 5.10 Å². The van der Waals surface area contributed by atoms with Crippen LogP contribution in [0.5, 0.6) is 0 Å². The predicted octanol–water partition coefficient (Wildman–Crippen LogP) is 0.229. The van der Waals surface area contributed by atoms with Crippen LogP contribution in [0.25, 0.3) is 0 Å². The van der Waals surface area contributed by atoms with Crippen LogP contribution in [0.3, 0.4) is 0 Å². The first-order valence-electron chi connectivity index (χ1n) is 5.00. The van der Waals surface area contributed by atoms with E-state index in [9.17, 15) is 4.79 Å². The van der Waals surface area contributed by atoms with Crippen LogP contribution >= 0.6 is 0 Å². The summed E-state index contributed by atoms with van der Waals surface area (Å²) in [6.07, 6.45) is 4.10. The second kappa shape index (κ2) is 4.93. The summed E-state index contributed by atoms with van der Waals surface area (Å²) >= 11 is 0. The van der Waals surface area contributed by atoms with Gasteiger partial charge in [0.05, 0.1) is 11.8 Å². The summed E-state index contributed by atoms with van der Waals surface area (Å²) in [5.41, 5.74) is 6.24. The second-order valence-corrected chi connectivity index (χ2v) is 3.90. The number of amides is 1. The summed E-state index contributed by atoms with van der Waals surface area (Å²) < 4.78 is 1.62. The lowest BCUT2D eigenvalue weighted by Crippen LogP contribution is -2.31. The molecule has 1 aromatic rings. The standard InChI is InChI=1S/C10H18N4O/c1-8(11)4-5-13(2)10(15)9-6-12-14(3)7-9/h6-8H,4-5,11H2,1-3H3. The van der Waals surface area contributed by atoms with Crippen LogP contribution in [0.1, 0.15) is 23.7 Å². The maximum absolute atomic E-state index is 11.8. The molecule has 1 rings (SSSR count). The Bertz CT molecular complexity index is 332. The zero-order valence-corrected chi connectivity index (χ0v) is 9.47. The van der Waals surface area contributed by atoms with Gasteiger partial charge in [0, 0.05) is 32.9 Å². The smallest absolute Gasteiger partial charge is 0.256 e. The molecular weight excluding hydrogens is 192 g/mol. The second-order valence-electron chi connectivity index (χ2n) is 3.90. The Balaban J connectivity index is 2.53. The van der Waals surface area contributed by atoms with Crippen molar-refractivity contribution in [3.63, 3.8) is 0 Å². The number of carbonyl (C=O) groups is 1. The first kappa shape index (κ1) is 11.7. The van der Waals surface area contributed by atoms with Crippen molar-refractivity contribution in [2.45, 2.75) is 19.4 Å². The highest BCUT2D eigenvalue weighted by atomic mass is 16.2. The van der Waals surface area contributed by atoms with Gasteiger partial charge in [-0.3, -0.25) is 9.48 Å². The zero-order chi connectivity index (χ0) is 11.4. The molecule has 0 aromatic carbocycles. The third-order valence-electron chi connectivity index (χ3n) is 2.22. The topological polar surface area (TPSA) is 64.2 Å². The van der Waals surface area contributed by atoms with E-state index in [4.69, 9.17) is 5.73 Å². The third-order valence-corrected chi connectivity index (χ3v) is 2.22. The van der Waals surface area contributed by atoms with E-state index in [1.54, 1.807) is 36.1 Å². The normalized spacial score (nSPS) is 12.5. The van der Waals surface area contributed by atoms with Gasteiger partial charge in [-0.15, -0.1) is 0 Å². The molecule has 84 valence electrons. The number of nitrogens with zero attached hydrogens (tertiary/aromatic N) is 3. The predicted molar refractivity (Wildman–Crippen MR) is 58.4 cm³/mol. The molecule has 0 radical (unpaired) electrons. The molecule has 2 N–H and O–H groups in total. The van der Waals surface area contributed by atoms with Crippen LogP contribution in [-0.4, -0.2) is 40.2 Å². The summed E-state index contributed by atoms with van der Waals surface area (Å²) in [5.74, 6) is -0.0104. The molecule has 0 aliphatic carbocycles. The molecule has 1 unspecified atom stereocenters. The number of aromatic nitrogens is 2. The monoisotopic (exact) mass is 210 g/mol. The maximum Gasteiger partial charge on any atom is 0.256 e. The molecule has 0 saturated heterocycles. The number of nitrogens with two attached hydrogens (primary N) is 1. The van der Waals surface area contributed by atoms with Crippen LogP contribution in [-0.2, 0) is 7.05 Å². The van der Waals surface area contributed by atoms with E-state index >= 15 is 0 Å². The summed E-state index contributed by atoms with van der Waals surface area (Å²) in [6.45, 7) is 2.60. The molecule has 0 fully saturated rings. The summed E-state index contributed by atoms with van der Waals surface area (Å²) in [5, 5.41) is 3.96. The molecule has 1 amide bonds. The van der Waals surface area contributed by atoms with E-state index in [1.165, 1.54) is 0 Å². The minimum Gasteiger partial charge on any atom is -0.342 e. The minimum absolute atomic E-state index is 0.0104. The van der Waals surface area contributed by atoms with Crippen LogP contribution in [0, 0.1) is 0 Å². The molecule has 1 heterocycles. The van der Waals surface area contributed by atoms with Gasteiger partial charge in [-0.1, -0.05) is 0 Å². The fourth-order valence-electron chi connectivity index (χ4n) is 1.25. The molecule has 1 atom stereocenters. The number of rotatable bonds is 4. The molecule has 0 aliphatic rings. The molecule has 0 aliphatic heterocycles. The molecule has 0 spiro atoms. The summed E-state index contributed by atoms with van der Waals surface area (Å²) in [7, 11) is 3.57. The van der Waals surface area contributed by atoms with E-state index in [-0.39, 0.29) is 11.9 Å². The quantitative estimate of drug-likeness (QED) is 0.773. The average molecular weight is 210 g/mol. The van der Waals surface area contributed by atoms with Crippen molar-refractivity contribution in [3.05, 3.63) is 18.0 Å². The Morgan fingerprint density at radius 1 is 1.73 bits per heavy atom. The van der Waals surface area contributed by atoms with Crippen molar-refractivity contribution in [2.24, 2.45) is 12.8 Å². The van der Waals surface area contributed by atoms with Gasteiger partial charge in [0.25, 0.3) is 5.91 Å². The Morgan fingerprint density at radius 3 is 2.87 bits per heavy atom. The van der Waals surface area contributed by atoms with Crippen molar-refractivity contribution < 1.29 is 4.79 Å². The molecule has 0 saturated carbocycles. The van der Waals surface area contributed by atoms with Crippen molar-refractivity contribution in [3.8, 4) is 0 Å². The van der Waals surface area contributed by atoms with Crippen LogP contribution in [0.4, 0.5) is 0 Å². The number of hydrogen-bond donors (Lipinski definition) is 1. The van der Waals surface area contributed by atoms with Crippen LogP contribution < -0.4 is 5.73 Å². The largest absolute Gasteiger partial charge is 0.342 e. The molecule has 1 aromatic heterocycles. The summed E-state index contributed by atoms with van der Waals surface area (Å²) in [6, 6.07) is 0.120. The van der Waals surface area contributed by atoms with E-state index < -0.39 is 0 Å². The number of carbonyl (C=O) groups excluding carboxylic acids is 1. The van der Waals surface area contributed by atoms with Gasteiger partial charge in [-0.2, -0.15) is 5.10 Å². The average Bonchev–Trinajstić information content (AvgIpc) is 2.60. The van der Waals surface area contributed by atoms with Gasteiger partial charge in [0.2, 0.25) is 0 Å². The summed E-state index contributed by atoms with van der Waals surface area (Å²) in [4.78, 5) is 13.5. The van der Waals surface area contributed by atoms with E-state index in [0.717, 1.165) is 6.42 Å². The fourth-order valence-corrected chi connectivity index (χ4v) is 1.25. The molecular formula is C10H18N4O. The molecule has 5 nitrogen and oxygen atoms in total. The highest BCUT2D eigenvalue weighted by molar-refractivity contribution is 5.93. The van der Waals surface area contributed by atoms with Gasteiger partial charge in [0.15, 0.2) is 0 Å². The highest BCUT2D eigenvalue weighted by Crippen LogP contribution is 2.02. The number of aryl methyl sites for hydroxylation is 1. The van der Waals surface area contributed by atoms with Gasteiger partial charge < -0.3 is 10.6 Å². The fraction of sp³-hybridized carbons (Fsp3) is 0.600. The van der Waals surface area contributed by atoms with Gasteiger partial charge in [-0.25, -0.2) is 0 Å². The number of hydrogen-bond acceptors (Lipinski definition) is 3. The first-order valence-corrected chi connectivity index (χ1v) is 5.00. The van der Waals surface area contributed by atoms with Gasteiger partial charge in [-0.05, 0) is 13.3 Å². The molecule has 15 heavy (non-hydrogen) atoms.